The number of fused-ring (bicyclic) bond motifs is 7. The van der Waals surface area contributed by atoms with Gasteiger partial charge in [-0.1, -0.05) is 133 Å². The minimum atomic E-state index is -1.08. The van der Waals surface area contributed by atoms with Gasteiger partial charge in [0.05, 0.1) is 11.3 Å². The second-order valence-electron chi connectivity index (χ2n) is 29.2. The van der Waals surface area contributed by atoms with Crippen LogP contribution in [0.4, 0.5) is 27.5 Å². The van der Waals surface area contributed by atoms with E-state index in [2.05, 4.69) is 109 Å². The molecular formula is C83H86N8O11. The van der Waals surface area contributed by atoms with Crippen LogP contribution in [0.2, 0.25) is 0 Å². The maximum Gasteiger partial charge on any atom is 0.410 e. The van der Waals surface area contributed by atoms with E-state index in [1.54, 1.807) is 17.0 Å². The van der Waals surface area contributed by atoms with Crippen LogP contribution < -0.4 is 26.6 Å². The summed E-state index contributed by atoms with van der Waals surface area (Å²) in [6.45, 7) is 15.1. The van der Waals surface area contributed by atoms with Crippen molar-refractivity contribution >= 4 is 81.3 Å². The predicted molar refractivity (Wildman–Crippen MR) is 393 cm³/mol. The molecule has 7 aromatic rings. The van der Waals surface area contributed by atoms with E-state index in [-0.39, 0.29) is 29.7 Å². The third-order valence-electron chi connectivity index (χ3n) is 21.4. The molecule has 524 valence electrons. The van der Waals surface area contributed by atoms with Crippen LogP contribution in [0.25, 0.3) is 16.7 Å². The standard InChI is InChI=1S/C22H22N2O2.C22H20N2O2.C17H22N2O4.C12H14N2O2.C10H8O/c2*25-21-19-8-7-15(11-20(19)23-22(21)26)16-9-10-24(12-16)13-17-6-5-14-3-1-2-4-18(14)17;1-17(2,3)23-16(22)19-7-6-11(9-19)10-4-5-12-13(8-10)18-15(21)14(12)20;15-11-9-2-1-7(8-3-4-13-6-8)5-10(9)14-12(11)16;11-7-9-6-5-8-3-1-2-4-10(8)9/h1-4,6-8,11,16,21,25H,5,9-10,12-13H2,(H,23,26);1-4,6-8,11,16H,5,9-10,12-13H2,(H,23,25,26);4-5,8,11,14,20H,6-7,9H2,1-3H3,(H,18,21);1-2,5,8,11,13,15H,3-4,6H2,(H,14,16);1-4,6-7H,5H2. The molecule has 0 spiro atoms. The summed E-state index contributed by atoms with van der Waals surface area (Å²) in [4.78, 5) is 87.1. The van der Waals surface area contributed by atoms with Gasteiger partial charge in [0.15, 0.2) is 18.3 Å². The number of hydrogen-bond donors (Lipinski definition) is 8. The van der Waals surface area contributed by atoms with Crippen LogP contribution in [-0.4, -0.2) is 143 Å². The molecule has 8 N–H and O–H groups in total. The van der Waals surface area contributed by atoms with Crippen LogP contribution >= 0.6 is 0 Å². The maximum absolute atomic E-state index is 12.1. The Labute approximate surface area is 593 Å². The Morgan fingerprint density at radius 3 is 1.40 bits per heavy atom. The number of likely N-dealkylation sites (tertiary alicyclic amines) is 3. The molecule has 8 aliphatic heterocycles. The molecule has 19 nitrogen and oxygen atoms in total. The lowest BCUT2D eigenvalue weighted by Gasteiger charge is -2.24. The number of anilines is 4. The van der Waals surface area contributed by atoms with Gasteiger partial charge in [-0.3, -0.25) is 38.6 Å². The van der Waals surface area contributed by atoms with Crippen molar-refractivity contribution in [1.29, 1.82) is 0 Å². The van der Waals surface area contributed by atoms with Crippen molar-refractivity contribution in [3.63, 3.8) is 0 Å². The molecule has 0 saturated carbocycles. The van der Waals surface area contributed by atoms with E-state index in [0.717, 1.165) is 132 Å². The number of allylic oxidation sites excluding steroid dienone is 4. The van der Waals surface area contributed by atoms with Crippen LogP contribution in [0.15, 0.2) is 164 Å². The van der Waals surface area contributed by atoms with Gasteiger partial charge in [0, 0.05) is 91.1 Å². The van der Waals surface area contributed by atoms with Crippen molar-refractivity contribution < 1.29 is 53.6 Å². The van der Waals surface area contributed by atoms with Crippen molar-refractivity contribution in [2.24, 2.45) is 0 Å². The average molecular weight is 1370 g/mol. The zero-order chi connectivity index (χ0) is 70.9. The lowest BCUT2D eigenvalue weighted by molar-refractivity contribution is -0.124. The molecule has 0 bridgehead atoms. The van der Waals surface area contributed by atoms with Crippen molar-refractivity contribution in [2.45, 2.75) is 113 Å². The number of aliphatic hydroxyl groups is 3. The van der Waals surface area contributed by atoms with Gasteiger partial charge in [0.25, 0.3) is 29.4 Å². The number of carbonyl (C=O) groups is 7. The molecule has 4 saturated heterocycles. The molecule has 0 radical (unpaired) electrons. The van der Waals surface area contributed by atoms with Gasteiger partial charge in [-0.15, -0.1) is 0 Å². The van der Waals surface area contributed by atoms with E-state index < -0.39 is 35.6 Å². The van der Waals surface area contributed by atoms with Gasteiger partial charge in [0.2, 0.25) is 0 Å². The highest BCUT2D eigenvalue weighted by Crippen LogP contribution is 2.41. The summed E-state index contributed by atoms with van der Waals surface area (Å²) >= 11 is 0. The van der Waals surface area contributed by atoms with Crippen molar-refractivity contribution in [2.75, 3.05) is 86.7 Å². The second-order valence-corrected chi connectivity index (χ2v) is 29.2. The van der Waals surface area contributed by atoms with Crippen LogP contribution in [-0.2, 0) is 48.0 Å². The molecule has 4 fully saturated rings. The molecule has 3 aliphatic carbocycles. The number of rotatable bonds is 9. The molecule has 7 atom stereocenters. The molecule has 5 amide bonds. The van der Waals surface area contributed by atoms with Gasteiger partial charge in [-0.2, -0.15) is 0 Å². The van der Waals surface area contributed by atoms with Gasteiger partial charge < -0.3 is 51.5 Å². The van der Waals surface area contributed by atoms with E-state index in [4.69, 9.17) is 4.74 Å². The molecule has 0 aromatic heterocycles. The lowest BCUT2D eigenvalue weighted by Crippen LogP contribution is -2.35. The van der Waals surface area contributed by atoms with E-state index in [9.17, 15) is 48.9 Å². The van der Waals surface area contributed by atoms with E-state index in [0.29, 0.717) is 64.5 Å². The lowest BCUT2D eigenvalue weighted by atomic mass is 9.96. The average Bonchev–Trinajstić information content (AvgIpc) is 1.59. The van der Waals surface area contributed by atoms with Gasteiger partial charge in [-0.25, -0.2) is 4.79 Å². The summed E-state index contributed by atoms with van der Waals surface area (Å²) in [7, 11) is 0. The third-order valence-corrected chi connectivity index (χ3v) is 21.4. The Balaban J connectivity index is 0.000000111. The van der Waals surface area contributed by atoms with Crippen LogP contribution in [0.1, 0.15) is 171 Å². The zero-order valence-electron chi connectivity index (χ0n) is 57.7. The molecule has 18 rings (SSSR count). The van der Waals surface area contributed by atoms with E-state index in [1.807, 2.05) is 99.6 Å². The molecule has 8 heterocycles. The number of ketones is 1. The number of nitrogens with one attached hydrogen (secondary N) is 5. The Kier molecular flexibility index (Phi) is 20.0. The first-order chi connectivity index (χ1) is 49.3. The number of nitrogens with zero attached hydrogens (tertiary/aromatic N) is 3. The number of aldehydes is 1. The predicted octanol–water partition coefficient (Wildman–Crippen LogP) is 11.3. The number of Topliss-reactive ketones (excluding diaryl/α,β-unsaturated/α-hetero) is 1. The number of benzene rings is 7. The minimum Gasteiger partial charge on any atom is -0.444 e. The Bertz CT molecular complexity index is 4580. The maximum atomic E-state index is 12.1. The number of aliphatic hydroxyl groups excluding tert-OH is 3. The highest BCUT2D eigenvalue weighted by Gasteiger charge is 2.37. The Hall–Kier alpha value is -9.99. The van der Waals surface area contributed by atoms with Crippen molar-refractivity contribution in [3.05, 3.63) is 242 Å². The summed E-state index contributed by atoms with van der Waals surface area (Å²) in [6, 6.07) is 48.6. The molecular weight excluding hydrogens is 1280 g/mol. The summed E-state index contributed by atoms with van der Waals surface area (Å²) in [6.07, 6.45) is 11.5. The highest BCUT2D eigenvalue weighted by atomic mass is 16.6. The zero-order valence-corrected chi connectivity index (χ0v) is 57.7. The van der Waals surface area contributed by atoms with E-state index >= 15 is 0 Å². The second kappa shape index (κ2) is 29.5. The number of amides is 5. The third kappa shape index (κ3) is 14.9. The fourth-order valence-electron chi connectivity index (χ4n) is 15.8. The quantitative estimate of drug-likeness (QED) is 0.0494. The highest BCUT2D eigenvalue weighted by molar-refractivity contribution is 6.51. The number of carbonyl (C=O) groups excluding carboxylic acids is 7. The summed E-state index contributed by atoms with van der Waals surface area (Å²) < 4.78 is 5.40. The molecule has 7 aromatic carbocycles. The fraction of sp³-hybridized carbons (Fsp3) is 0.337. The van der Waals surface area contributed by atoms with Crippen LogP contribution in [0.5, 0.6) is 0 Å². The van der Waals surface area contributed by atoms with Crippen LogP contribution in [0, 0.1) is 0 Å². The first-order valence-corrected chi connectivity index (χ1v) is 35.6. The molecule has 7 unspecified atom stereocenters. The molecule has 11 aliphatic rings. The smallest absolute Gasteiger partial charge is 0.410 e. The summed E-state index contributed by atoms with van der Waals surface area (Å²) in [5, 5.41) is 43.4. The number of ether oxygens (including phenoxy) is 1. The number of hydrogen-bond acceptors (Lipinski definition) is 14. The minimum absolute atomic E-state index is 0.211. The SMILES string of the molecule is CC(C)(C)OC(=O)N1CCC(c2ccc3c(c2)NC(=O)C3O)C1.O=C1Nc2cc(C3CCN(CC4=CCc5ccccc54)C3)ccc2C1=O.O=C1Nc2cc(C3CCN(CC4=CCc5ccccc54)C3)ccc2C1O.O=C1Nc2cc(C3CCNC3)ccc2C1O.O=CC1=CCc2ccccc21. The largest absolute Gasteiger partial charge is 0.444 e. The van der Waals surface area contributed by atoms with E-state index in [1.165, 1.54) is 55.7 Å². The summed E-state index contributed by atoms with van der Waals surface area (Å²) in [5.41, 5.74) is 21.4. The first kappa shape index (κ1) is 69.1. The Morgan fingerprint density at radius 2 is 0.922 bits per heavy atom. The normalized spacial score (nSPS) is 22.9. The molecule has 19 heteroatoms. The Morgan fingerprint density at radius 1 is 0.490 bits per heavy atom. The monoisotopic (exact) mass is 1370 g/mol. The van der Waals surface area contributed by atoms with Crippen molar-refractivity contribution in [1.82, 2.24) is 20.0 Å². The van der Waals surface area contributed by atoms with Gasteiger partial charge in [-0.05, 0) is 200 Å². The van der Waals surface area contributed by atoms with Crippen molar-refractivity contribution in [3.8, 4) is 0 Å². The fourth-order valence-corrected chi connectivity index (χ4v) is 15.8. The summed E-state index contributed by atoms with van der Waals surface area (Å²) in [5.74, 6) is -0.309. The topological polar surface area (TPSA) is 259 Å². The van der Waals surface area contributed by atoms with Gasteiger partial charge in [0.1, 0.15) is 11.9 Å². The van der Waals surface area contributed by atoms with Gasteiger partial charge >= 0.3 is 6.09 Å². The van der Waals surface area contributed by atoms with Crippen LogP contribution in [0.3, 0.4) is 0 Å². The molecule has 102 heavy (non-hydrogen) atoms. The first-order valence-electron chi connectivity index (χ1n) is 35.6.